The van der Waals surface area contributed by atoms with Crippen molar-refractivity contribution in [3.8, 4) is 0 Å². The van der Waals surface area contributed by atoms with Gasteiger partial charge in [-0.2, -0.15) is 0 Å². The smallest absolute Gasteiger partial charge is 0.263 e. The average Bonchev–Trinajstić information content (AvgIpc) is 2.48. The van der Waals surface area contributed by atoms with Gasteiger partial charge in [-0.1, -0.05) is 31.5 Å². The summed E-state index contributed by atoms with van der Waals surface area (Å²) in [5.41, 5.74) is 6.94. The van der Waals surface area contributed by atoms with Crippen LogP contribution in [-0.4, -0.2) is 24.0 Å². The van der Waals surface area contributed by atoms with Crippen LogP contribution < -0.4 is 5.73 Å². The van der Waals surface area contributed by atoms with Crippen molar-refractivity contribution in [1.29, 1.82) is 0 Å². The second-order valence-electron chi connectivity index (χ2n) is 5.70. The van der Waals surface area contributed by atoms with Gasteiger partial charge >= 0.3 is 0 Å². The van der Waals surface area contributed by atoms with E-state index >= 15 is 0 Å². The number of likely N-dealkylation sites (tertiary alicyclic amines) is 1. The van der Waals surface area contributed by atoms with Crippen LogP contribution in [0.4, 0.5) is 8.78 Å². The third-order valence-corrected chi connectivity index (χ3v) is 4.38. The Bertz CT molecular complexity index is 423. The van der Waals surface area contributed by atoms with Gasteiger partial charge in [-0.05, 0) is 36.9 Å². The summed E-state index contributed by atoms with van der Waals surface area (Å²) in [6.07, 6.45) is 1.11. The number of nitrogens with two attached hydrogens (primary N) is 1. The molecule has 0 aromatic heterocycles. The fourth-order valence-electron chi connectivity index (χ4n) is 3.07. The van der Waals surface area contributed by atoms with Crippen LogP contribution in [0.2, 0.25) is 0 Å². The lowest BCUT2D eigenvalue weighted by Crippen LogP contribution is -2.46. The Morgan fingerprint density at radius 1 is 1.40 bits per heavy atom. The zero-order valence-corrected chi connectivity index (χ0v) is 12.1. The molecule has 1 aromatic rings. The number of piperidine rings is 1. The summed E-state index contributed by atoms with van der Waals surface area (Å²) >= 11 is 0. The summed E-state index contributed by atoms with van der Waals surface area (Å²) in [4.78, 5) is 2.34. The van der Waals surface area contributed by atoms with Crippen LogP contribution in [0.3, 0.4) is 0 Å². The molecule has 2 unspecified atom stereocenters. The zero-order chi connectivity index (χ0) is 14.5. The second kappa shape index (κ2) is 7.14. The van der Waals surface area contributed by atoms with Gasteiger partial charge < -0.3 is 5.73 Å². The molecule has 4 heteroatoms. The number of nitrogens with zero attached hydrogens (tertiary/aromatic N) is 1. The normalized spacial score (nSPS) is 24.2. The fraction of sp³-hybridized carbons (Fsp3) is 0.625. The molecule has 0 amide bonds. The van der Waals surface area contributed by atoms with E-state index in [1.807, 2.05) is 6.07 Å². The maximum Gasteiger partial charge on any atom is 0.263 e. The van der Waals surface area contributed by atoms with Crippen molar-refractivity contribution in [2.75, 3.05) is 13.1 Å². The van der Waals surface area contributed by atoms with Gasteiger partial charge in [0.15, 0.2) is 0 Å². The Hall–Kier alpha value is -1.00. The molecule has 0 saturated carbocycles. The lowest BCUT2D eigenvalue weighted by molar-refractivity contribution is 0.107. The molecule has 0 aliphatic carbocycles. The van der Waals surface area contributed by atoms with E-state index in [1.54, 1.807) is 12.1 Å². The van der Waals surface area contributed by atoms with E-state index in [9.17, 15) is 8.78 Å². The molecular formula is C16H24F2N2. The van der Waals surface area contributed by atoms with Crippen LogP contribution in [0.5, 0.6) is 0 Å². The highest BCUT2D eigenvalue weighted by Crippen LogP contribution is 2.27. The average molecular weight is 282 g/mol. The summed E-state index contributed by atoms with van der Waals surface area (Å²) in [6, 6.07) is 7.12. The number of halogens is 2. The number of rotatable bonds is 5. The Labute approximate surface area is 120 Å². The molecule has 2 N–H and O–H groups in total. The van der Waals surface area contributed by atoms with Crippen molar-refractivity contribution in [2.24, 2.45) is 11.7 Å². The number of hydrogen-bond donors (Lipinski definition) is 1. The summed E-state index contributed by atoms with van der Waals surface area (Å²) in [5.74, 6) is 0.757. The van der Waals surface area contributed by atoms with Crippen molar-refractivity contribution >= 4 is 0 Å². The topological polar surface area (TPSA) is 29.3 Å². The van der Waals surface area contributed by atoms with Crippen molar-refractivity contribution in [3.63, 3.8) is 0 Å². The molecule has 2 nitrogen and oxygen atoms in total. The molecule has 0 bridgehead atoms. The Balaban J connectivity index is 2.03. The molecule has 20 heavy (non-hydrogen) atoms. The van der Waals surface area contributed by atoms with E-state index < -0.39 is 6.43 Å². The third kappa shape index (κ3) is 3.76. The summed E-state index contributed by atoms with van der Waals surface area (Å²) < 4.78 is 25.5. The monoisotopic (exact) mass is 282 g/mol. The fourth-order valence-corrected chi connectivity index (χ4v) is 3.07. The van der Waals surface area contributed by atoms with Crippen LogP contribution in [0.1, 0.15) is 43.7 Å². The summed E-state index contributed by atoms with van der Waals surface area (Å²) in [5, 5.41) is 0. The maximum atomic E-state index is 12.7. The van der Waals surface area contributed by atoms with Crippen molar-refractivity contribution in [3.05, 3.63) is 35.4 Å². The standard InChI is InChI=1S/C16H24F2N2/c1-2-12-6-7-20(15(9-12)10-19)11-13-4-3-5-14(8-13)16(17)18/h3-5,8,12,15-16H,2,6-7,9-11,19H2,1H3. The van der Waals surface area contributed by atoms with Crippen molar-refractivity contribution < 1.29 is 8.78 Å². The summed E-state index contributed by atoms with van der Waals surface area (Å²) in [7, 11) is 0. The van der Waals surface area contributed by atoms with Gasteiger partial charge in [0, 0.05) is 24.7 Å². The predicted molar refractivity (Wildman–Crippen MR) is 77.7 cm³/mol. The SMILES string of the molecule is CCC1CCN(Cc2cccc(C(F)F)c2)C(CN)C1. The Morgan fingerprint density at radius 3 is 2.85 bits per heavy atom. The van der Waals surface area contributed by atoms with Gasteiger partial charge in [-0.15, -0.1) is 0 Å². The molecule has 1 aliphatic rings. The number of alkyl halides is 2. The Morgan fingerprint density at radius 2 is 2.20 bits per heavy atom. The van der Waals surface area contributed by atoms with Crippen LogP contribution in [-0.2, 0) is 6.54 Å². The second-order valence-corrected chi connectivity index (χ2v) is 5.70. The van der Waals surface area contributed by atoms with Gasteiger partial charge in [0.1, 0.15) is 0 Å². The van der Waals surface area contributed by atoms with Crippen LogP contribution >= 0.6 is 0 Å². The van der Waals surface area contributed by atoms with Crippen LogP contribution in [0.25, 0.3) is 0 Å². The van der Waals surface area contributed by atoms with Crippen LogP contribution in [0.15, 0.2) is 24.3 Å². The first-order valence-corrected chi connectivity index (χ1v) is 7.45. The third-order valence-electron chi connectivity index (χ3n) is 4.38. The van der Waals surface area contributed by atoms with Crippen molar-refractivity contribution in [2.45, 2.75) is 45.2 Å². The van der Waals surface area contributed by atoms with Gasteiger partial charge in [0.2, 0.25) is 0 Å². The predicted octanol–water partition coefficient (Wildman–Crippen LogP) is 3.57. The van der Waals surface area contributed by atoms with Crippen LogP contribution in [0, 0.1) is 5.92 Å². The molecular weight excluding hydrogens is 258 g/mol. The molecule has 2 rings (SSSR count). The molecule has 1 fully saturated rings. The molecule has 0 radical (unpaired) electrons. The van der Waals surface area contributed by atoms with Gasteiger partial charge in [-0.3, -0.25) is 4.90 Å². The lowest BCUT2D eigenvalue weighted by Gasteiger charge is -2.39. The maximum absolute atomic E-state index is 12.7. The van der Waals surface area contributed by atoms with E-state index in [0.717, 1.165) is 31.0 Å². The molecule has 1 heterocycles. The first kappa shape index (κ1) is 15.4. The largest absolute Gasteiger partial charge is 0.329 e. The highest BCUT2D eigenvalue weighted by Gasteiger charge is 2.26. The van der Waals surface area contributed by atoms with Gasteiger partial charge in [0.25, 0.3) is 6.43 Å². The number of hydrogen-bond acceptors (Lipinski definition) is 2. The first-order chi connectivity index (χ1) is 9.63. The van der Waals surface area contributed by atoms with Crippen molar-refractivity contribution in [1.82, 2.24) is 4.90 Å². The molecule has 112 valence electrons. The lowest BCUT2D eigenvalue weighted by atomic mass is 9.88. The molecule has 1 aliphatic heterocycles. The zero-order valence-electron chi connectivity index (χ0n) is 12.1. The molecule has 1 aromatic carbocycles. The van der Waals surface area contributed by atoms with E-state index in [2.05, 4.69) is 11.8 Å². The van der Waals surface area contributed by atoms with E-state index in [0.29, 0.717) is 12.6 Å². The molecule has 1 saturated heterocycles. The van der Waals surface area contributed by atoms with Gasteiger partial charge in [0.05, 0.1) is 0 Å². The molecule has 0 spiro atoms. The minimum absolute atomic E-state index is 0.107. The quantitative estimate of drug-likeness (QED) is 0.894. The first-order valence-electron chi connectivity index (χ1n) is 7.45. The molecule has 2 atom stereocenters. The van der Waals surface area contributed by atoms with E-state index in [1.165, 1.54) is 18.9 Å². The number of benzene rings is 1. The highest BCUT2D eigenvalue weighted by molar-refractivity contribution is 5.24. The van der Waals surface area contributed by atoms with E-state index in [-0.39, 0.29) is 5.56 Å². The summed E-state index contributed by atoms with van der Waals surface area (Å²) in [6.45, 7) is 4.60. The van der Waals surface area contributed by atoms with Gasteiger partial charge in [-0.25, -0.2) is 8.78 Å². The minimum Gasteiger partial charge on any atom is -0.329 e. The highest BCUT2D eigenvalue weighted by atomic mass is 19.3. The Kier molecular flexibility index (Phi) is 5.49. The minimum atomic E-state index is -2.40. The van der Waals surface area contributed by atoms with E-state index in [4.69, 9.17) is 5.73 Å².